The summed E-state index contributed by atoms with van der Waals surface area (Å²) in [6.45, 7) is 3.15. The van der Waals surface area contributed by atoms with E-state index in [9.17, 15) is 0 Å². The van der Waals surface area contributed by atoms with E-state index in [2.05, 4.69) is 34.7 Å². The smallest absolute Gasteiger partial charge is 0.126 e. The van der Waals surface area contributed by atoms with Crippen molar-refractivity contribution in [1.82, 2.24) is 10.3 Å². The normalized spacial score (nSPS) is 19.4. The number of rotatable bonds is 6. The van der Waals surface area contributed by atoms with Crippen molar-refractivity contribution in [2.24, 2.45) is 0 Å². The molecule has 0 aromatic carbocycles. The molecule has 1 aromatic rings. The Labute approximate surface area is 103 Å². The van der Waals surface area contributed by atoms with Crippen molar-refractivity contribution in [3.05, 3.63) is 23.4 Å². The van der Waals surface area contributed by atoms with Crippen LogP contribution in [0.2, 0.25) is 0 Å². The molecule has 0 atom stereocenters. The minimum atomic E-state index is 0.679. The summed E-state index contributed by atoms with van der Waals surface area (Å²) >= 11 is 0. The fourth-order valence-electron chi connectivity index (χ4n) is 1.99. The number of nitrogens with zero attached hydrogens (tertiary/aromatic N) is 1. The SMILES string of the molecule is CCc1cc(CNC2CC2)cc(NC2CC2)n1. The van der Waals surface area contributed by atoms with Crippen LogP contribution in [0.25, 0.3) is 0 Å². The Morgan fingerprint density at radius 3 is 2.59 bits per heavy atom. The maximum absolute atomic E-state index is 4.64. The maximum atomic E-state index is 4.64. The predicted octanol–water partition coefficient (Wildman–Crippen LogP) is 2.47. The Morgan fingerprint density at radius 1 is 1.18 bits per heavy atom. The summed E-state index contributed by atoms with van der Waals surface area (Å²) in [4.78, 5) is 4.64. The van der Waals surface area contributed by atoms with Crippen LogP contribution in [0.4, 0.5) is 5.82 Å². The first kappa shape index (κ1) is 11.0. The fourth-order valence-corrected chi connectivity index (χ4v) is 1.99. The number of anilines is 1. The summed E-state index contributed by atoms with van der Waals surface area (Å²) in [7, 11) is 0. The fraction of sp³-hybridized carbons (Fsp3) is 0.643. The Hall–Kier alpha value is -1.09. The van der Waals surface area contributed by atoms with Crippen molar-refractivity contribution < 1.29 is 0 Å². The van der Waals surface area contributed by atoms with E-state index in [1.54, 1.807) is 0 Å². The number of aryl methyl sites for hydroxylation is 1. The van der Waals surface area contributed by atoms with Crippen molar-refractivity contribution in [2.45, 2.75) is 57.7 Å². The van der Waals surface area contributed by atoms with Crippen LogP contribution in [0.3, 0.4) is 0 Å². The Balaban J connectivity index is 1.69. The molecule has 2 fully saturated rings. The van der Waals surface area contributed by atoms with Crippen molar-refractivity contribution in [3.8, 4) is 0 Å². The second-order valence-corrected chi connectivity index (χ2v) is 5.28. The predicted molar refractivity (Wildman–Crippen MR) is 70.1 cm³/mol. The van der Waals surface area contributed by atoms with Gasteiger partial charge in [0, 0.05) is 24.3 Å². The van der Waals surface area contributed by atoms with E-state index in [4.69, 9.17) is 0 Å². The van der Waals surface area contributed by atoms with Gasteiger partial charge < -0.3 is 10.6 Å². The summed E-state index contributed by atoms with van der Waals surface area (Å²) in [5.41, 5.74) is 2.56. The summed E-state index contributed by atoms with van der Waals surface area (Å²) in [5, 5.41) is 7.06. The van der Waals surface area contributed by atoms with E-state index in [1.165, 1.54) is 36.9 Å². The standard InChI is InChI=1S/C14H21N3/c1-2-11-7-10(9-15-12-3-4-12)8-14(16-11)17-13-5-6-13/h7-8,12-13,15H,2-6,9H2,1H3,(H,16,17). The molecule has 0 unspecified atom stereocenters. The monoisotopic (exact) mass is 231 g/mol. The molecule has 0 amide bonds. The third kappa shape index (κ3) is 3.19. The molecule has 0 aliphatic heterocycles. The molecule has 1 aromatic heterocycles. The summed E-state index contributed by atoms with van der Waals surface area (Å²) < 4.78 is 0. The third-order valence-corrected chi connectivity index (χ3v) is 3.40. The first-order chi connectivity index (χ1) is 8.33. The highest BCUT2D eigenvalue weighted by atomic mass is 15.0. The van der Waals surface area contributed by atoms with Gasteiger partial charge in [-0.1, -0.05) is 6.92 Å². The van der Waals surface area contributed by atoms with Crippen LogP contribution in [-0.2, 0) is 13.0 Å². The molecule has 3 heteroatoms. The number of hydrogen-bond donors (Lipinski definition) is 2. The van der Waals surface area contributed by atoms with E-state index in [-0.39, 0.29) is 0 Å². The largest absolute Gasteiger partial charge is 0.367 e. The molecule has 92 valence electrons. The minimum Gasteiger partial charge on any atom is -0.367 e. The zero-order valence-electron chi connectivity index (χ0n) is 10.5. The lowest BCUT2D eigenvalue weighted by molar-refractivity contribution is 0.686. The average molecular weight is 231 g/mol. The molecular weight excluding hydrogens is 210 g/mol. The molecule has 0 bridgehead atoms. The molecule has 3 nitrogen and oxygen atoms in total. The highest BCUT2D eigenvalue weighted by Gasteiger charge is 2.22. The van der Waals surface area contributed by atoms with E-state index in [1.807, 2.05) is 0 Å². The van der Waals surface area contributed by atoms with Crippen molar-refractivity contribution in [3.63, 3.8) is 0 Å². The lowest BCUT2D eigenvalue weighted by Crippen LogP contribution is -2.16. The number of hydrogen-bond acceptors (Lipinski definition) is 3. The Bertz CT molecular complexity index is 394. The van der Waals surface area contributed by atoms with E-state index < -0.39 is 0 Å². The number of pyridine rings is 1. The van der Waals surface area contributed by atoms with E-state index in [0.717, 1.165) is 24.8 Å². The first-order valence-corrected chi connectivity index (χ1v) is 6.83. The second kappa shape index (κ2) is 4.65. The van der Waals surface area contributed by atoms with Gasteiger partial charge in [0.15, 0.2) is 0 Å². The highest BCUT2D eigenvalue weighted by molar-refractivity contribution is 5.41. The van der Waals surface area contributed by atoms with Crippen molar-refractivity contribution >= 4 is 5.82 Å². The molecule has 17 heavy (non-hydrogen) atoms. The second-order valence-electron chi connectivity index (χ2n) is 5.28. The van der Waals surface area contributed by atoms with Gasteiger partial charge in [0.25, 0.3) is 0 Å². The molecule has 0 spiro atoms. The van der Waals surface area contributed by atoms with Gasteiger partial charge in [0.1, 0.15) is 5.82 Å². The summed E-state index contributed by atoms with van der Waals surface area (Å²) in [5.74, 6) is 1.07. The summed E-state index contributed by atoms with van der Waals surface area (Å²) in [6.07, 6.45) is 6.30. The quantitative estimate of drug-likeness (QED) is 0.789. The molecular formula is C14H21N3. The number of nitrogens with one attached hydrogen (secondary N) is 2. The van der Waals surface area contributed by atoms with Gasteiger partial charge in [0.2, 0.25) is 0 Å². The molecule has 0 radical (unpaired) electrons. The van der Waals surface area contributed by atoms with Gasteiger partial charge in [-0.25, -0.2) is 4.98 Å². The molecule has 2 aliphatic carbocycles. The van der Waals surface area contributed by atoms with Gasteiger partial charge in [-0.15, -0.1) is 0 Å². The van der Waals surface area contributed by atoms with Crippen LogP contribution in [0, 0.1) is 0 Å². The molecule has 2 saturated carbocycles. The Morgan fingerprint density at radius 2 is 1.94 bits per heavy atom. The van der Waals surface area contributed by atoms with E-state index >= 15 is 0 Å². The van der Waals surface area contributed by atoms with Crippen LogP contribution >= 0.6 is 0 Å². The van der Waals surface area contributed by atoms with Gasteiger partial charge in [-0.2, -0.15) is 0 Å². The van der Waals surface area contributed by atoms with Gasteiger partial charge >= 0.3 is 0 Å². The zero-order valence-corrected chi connectivity index (χ0v) is 10.5. The van der Waals surface area contributed by atoms with Crippen LogP contribution in [0.1, 0.15) is 43.9 Å². The minimum absolute atomic E-state index is 0.679. The summed E-state index contributed by atoms with van der Waals surface area (Å²) in [6, 6.07) is 5.88. The third-order valence-electron chi connectivity index (χ3n) is 3.40. The molecule has 2 aliphatic rings. The molecule has 2 N–H and O–H groups in total. The van der Waals surface area contributed by atoms with Crippen LogP contribution in [0.5, 0.6) is 0 Å². The first-order valence-electron chi connectivity index (χ1n) is 6.83. The van der Waals surface area contributed by atoms with E-state index in [0.29, 0.717) is 6.04 Å². The van der Waals surface area contributed by atoms with Crippen LogP contribution in [-0.4, -0.2) is 17.1 Å². The molecule has 0 saturated heterocycles. The van der Waals surface area contributed by atoms with Crippen molar-refractivity contribution in [1.29, 1.82) is 0 Å². The average Bonchev–Trinajstić information content (AvgIpc) is 3.20. The molecule has 1 heterocycles. The lowest BCUT2D eigenvalue weighted by atomic mass is 10.2. The maximum Gasteiger partial charge on any atom is 0.126 e. The van der Waals surface area contributed by atoms with Crippen molar-refractivity contribution in [2.75, 3.05) is 5.32 Å². The lowest BCUT2D eigenvalue weighted by Gasteiger charge is -2.10. The number of aromatic nitrogens is 1. The van der Waals surface area contributed by atoms with Gasteiger partial charge in [-0.3, -0.25) is 0 Å². The van der Waals surface area contributed by atoms with Gasteiger partial charge in [-0.05, 0) is 49.8 Å². The molecule has 3 rings (SSSR count). The van der Waals surface area contributed by atoms with Gasteiger partial charge in [0.05, 0.1) is 0 Å². The van der Waals surface area contributed by atoms with Crippen LogP contribution in [0.15, 0.2) is 12.1 Å². The topological polar surface area (TPSA) is 37.0 Å². The van der Waals surface area contributed by atoms with Crippen LogP contribution < -0.4 is 10.6 Å². The Kier molecular flexibility index (Phi) is 3.02. The zero-order chi connectivity index (χ0) is 11.7. The highest BCUT2D eigenvalue weighted by Crippen LogP contribution is 2.25.